The van der Waals surface area contributed by atoms with Crippen molar-refractivity contribution in [3.63, 3.8) is 0 Å². The summed E-state index contributed by atoms with van der Waals surface area (Å²) in [5.74, 6) is 0.426. The van der Waals surface area contributed by atoms with Crippen molar-refractivity contribution in [2.45, 2.75) is 32.2 Å². The molecule has 1 aromatic rings. The fourth-order valence-corrected chi connectivity index (χ4v) is 3.91. The molecule has 0 bridgehead atoms. The first-order valence-electron chi connectivity index (χ1n) is 5.80. The van der Waals surface area contributed by atoms with Gasteiger partial charge >= 0.3 is 0 Å². The van der Waals surface area contributed by atoms with Gasteiger partial charge in [0.1, 0.15) is 5.82 Å². The zero-order valence-corrected chi connectivity index (χ0v) is 11.5. The van der Waals surface area contributed by atoms with Gasteiger partial charge in [0.05, 0.1) is 11.8 Å². The first-order chi connectivity index (χ1) is 8.23. The molecule has 2 rings (SSSR count). The molecule has 18 heavy (non-hydrogen) atoms. The molecule has 1 atom stereocenters. The standard InChI is InChI=1S/C11H17N3O3S/c1-8-7-9(15)13-10(12-8)11(2)5-4-6-14(11)18(3,16)17/h7H,4-6H2,1-3H3,(H,12,13,15). The number of nitrogens with one attached hydrogen (secondary N) is 1. The predicted octanol–water partition coefficient (Wildman–Crippen LogP) is 0.349. The smallest absolute Gasteiger partial charge is 0.251 e. The van der Waals surface area contributed by atoms with Gasteiger partial charge in [0.15, 0.2) is 0 Å². The molecule has 1 unspecified atom stereocenters. The first-order valence-corrected chi connectivity index (χ1v) is 7.64. The summed E-state index contributed by atoms with van der Waals surface area (Å²) in [7, 11) is -3.31. The Morgan fingerprint density at radius 3 is 2.72 bits per heavy atom. The van der Waals surface area contributed by atoms with Crippen molar-refractivity contribution < 1.29 is 8.42 Å². The van der Waals surface area contributed by atoms with Crippen molar-refractivity contribution in [3.05, 3.63) is 27.9 Å². The Bertz CT molecular complexity index is 623. The lowest BCUT2D eigenvalue weighted by Gasteiger charge is -2.32. The van der Waals surface area contributed by atoms with Gasteiger partial charge in [0.2, 0.25) is 10.0 Å². The highest BCUT2D eigenvalue weighted by Gasteiger charge is 2.45. The molecule has 100 valence electrons. The highest BCUT2D eigenvalue weighted by Crippen LogP contribution is 2.37. The van der Waals surface area contributed by atoms with Crippen molar-refractivity contribution in [2.75, 3.05) is 12.8 Å². The maximum Gasteiger partial charge on any atom is 0.251 e. The largest absolute Gasteiger partial charge is 0.309 e. The molecule has 0 aliphatic carbocycles. The number of sulfonamides is 1. The summed E-state index contributed by atoms with van der Waals surface area (Å²) in [4.78, 5) is 18.5. The first kappa shape index (κ1) is 13.2. The van der Waals surface area contributed by atoms with Crippen molar-refractivity contribution >= 4 is 10.0 Å². The number of H-pyrrole nitrogens is 1. The average Bonchev–Trinajstić information content (AvgIpc) is 2.59. The maximum absolute atomic E-state index is 11.8. The van der Waals surface area contributed by atoms with E-state index in [2.05, 4.69) is 9.97 Å². The number of hydrogen-bond donors (Lipinski definition) is 1. The quantitative estimate of drug-likeness (QED) is 0.841. The highest BCUT2D eigenvalue weighted by molar-refractivity contribution is 7.88. The minimum atomic E-state index is -3.31. The summed E-state index contributed by atoms with van der Waals surface area (Å²) in [6.45, 7) is 3.99. The van der Waals surface area contributed by atoms with Gasteiger partial charge in [-0.1, -0.05) is 0 Å². The van der Waals surface area contributed by atoms with E-state index in [1.165, 1.54) is 16.6 Å². The van der Waals surface area contributed by atoms with Gasteiger partial charge in [-0.2, -0.15) is 4.31 Å². The van der Waals surface area contributed by atoms with Gasteiger partial charge in [0, 0.05) is 18.3 Å². The molecule has 0 radical (unpaired) electrons. The van der Waals surface area contributed by atoms with E-state index in [0.29, 0.717) is 24.5 Å². The Hall–Kier alpha value is -1.21. The van der Waals surface area contributed by atoms with Crippen molar-refractivity contribution in [3.8, 4) is 0 Å². The molecule has 1 aromatic heterocycles. The zero-order chi connectivity index (χ0) is 13.6. The van der Waals surface area contributed by atoms with E-state index in [4.69, 9.17) is 0 Å². The van der Waals surface area contributed by atoms with Crippen LogP contribution in [0.4, 0.5) is 0 Å². The van der Waals surface area contributed by atoms with Crippen molar-refractivity contribution in [1.82, 2.24) is 14.3 Å². The SMILES string of the molecule is Cc1cc(=O)[nH]c(C2(C)CCCN2S(C)(=O)=O)n1. The van der Waals surface area contributed by atoms with Crippen LogP contribution >= 0.6 is 0 Å². The second-order valence-corrected chi connectivity index (χ2v) is 6.85. The fraction of sp³-hybridized carbons (Fsp3) is 0.636. The summed E-state index contributed by atoms with van der Waals surface area (Å²) in [5, 5.41) is 0. The molecule has 2 heterocycles. The minimum Gasteiger partial charge on any atom is -0.309 e. The van der Waals surface area contributed by atoms with Crippen molar-refractivity contribution in [2.24, 2.45) is 0 Å². The Labute approximate surface area is 106 Å². The molecule has 1 N–H and O–H groups in total. The van der Waals surface area contributed by atoms with Crippen LogP contribution in [0.25, 0.3) is 0 Å². The molecule has 1 aliphatic rings. The lowest BCUT2D eigenvalue weighted by molar-refractivity contribution is 0.255. The van der Waals surface area contributed by atoms with E-state index in [1.807, 2.05) is 0 Å². The Morgan fingerprint density at radius 1 is 1.50 bits per heavy atom. The van der Waals surface area contributed by atoms with Gasteiger partial charge in [-0.05, 0) is 26.7 Å². The van der Waals surface area contributed by atoms with Gasteiger partial charge < -0.3 is 4.98 Å². The second-order valence-electron chi connectivity index (χ2n) is 4.95. The predicted molar refractivity (Wildman–Crippen MR) is 67.7 cm³/mol. The van der Waals surface area contributed by atoms with E-state index >= 15 is 0 Å². The monoisotopic (exact) mass is 271 g/mol. The number of aromatic nitrogens is 2. The number of rotatable bonds is 2. The van der Waals surface area contributed by atoms with E-state index in [0.717, 1.165) is 6.42 Å². The molecule has 1 fully saturated rings. The Balaban J connectivity index is 2.56. The van der Waals surface area contributed by atoms with Crippen LogP contribution in [-0.4, -0.2) is 35.5 Å². The molecule has 0 spiro atoms. The molecule has 7 heteroatoms. The van der Waals surface area contributed by atoms with Crippen LogP contribution in [0.3, 0.4) is 0 Å². The lowest BCUT2D eigenvalue weighted by atomic mass is 9.99. The maximum atomic E-state index is 11.8. The van der Waals surface area contributed by atoms with E-state index < -0.39 is 15.6 Å². The molecule has 0 amide bonds. The molecule has 1 saturated heterocycles. The van der Waals surface area contributed by atoms with Crippen LogP contribution in [0.5, 0.6) is 0 Å². The van der Waals surface area contributed by atoms with Gasteiger partial charge in [-0.3, -0.25) is 4.79 Å². The number of hydrogen-bond acceptors (Lipinski definition) is 4. The Kier molecular flexibility index (Phi) is 3.06. The Morgan fingerprint density at radius 2 is 2.17 bits per heavy atom. The summed E-state index contributed by atoms with van der Waals surface area (Å²) in [5.41, 5.74) is -0.409. The van der Waals surface area contributed by atoms with Crippen LogP contribution < -0.4 is 5.56 Å². The molecular formula is C11H17N3O3S. The third-order valence-corrected chi connectivity index (χ3v) is 4.74. The van der Waals surface area contributed by atoms with Gasteiger partial charge in [0.25, 0.3) is 5.56 Å². The molecule has 1 aliphatic heterocycles. The highest BCUT2D eigenvalue weighted by atomic mass is 32.2. The minimum absolute atomic E-state index is 0.251. The normalized spacial score (nSPS) is 25.5. The topological polar surface area (TPSA) is 83.1 Å². The second kappa shape index (κ2) is 4.17. The number of aryl methyl sites for hydroxylation is 1. The summed E-state index contributed by atoms with van der Waals surface area (Å²) in [6.07, 6.45) is 2.61. The van der Waals surface area contributed by atoms with Crippen LogP contribution in [0.15, 0.2) is 10.9 Å². The van der Waals surface area contributed by atoms with Gasteiger partial charge in [-0.25, -0.2) is 13.4 Å². The molecule has 6 nitrogen and oxygen atoms in total. The molecule has 0 aromatic carbocycles. The third-order valence-electron chi connectivity index (χ3n) is 3.36. The number of nitrogens with zero attached hydrogens (tertiary/aromatic N) is 2. The van der Waals surface area contributed by atoms with Crippen LogP contribution in [-0.2, 0) is 15.6 Å². The van der Waals surface area contributed by atoms with E-state index in [9.17, 15) is 13.2 Å². The average molecular weight is 271 g/mol. The number of aromatic amines is 1. The molecule has 0 saturated carbocycles. The zero-order valence-electron chi connectivity index (χ0n) is 10.7. The van der Waals surface area contributed by atoms with E-state index in [-0.39, 0.29) is 5.56 Å². The molecular weight excluding hydrogens is 254 g/mol. The third kappa shape index (κ3) is 2.20. The van der Waals surface area contributed by atoms with E-state index in [1.54, 1.807) is 13.8 Å². The van der Waals surface area contributed by atoms with Crippen molar-refractivity contribution in [1.29, 1.82) is 0 Å². The summed E-state index contributed by atoms with van der Waals surface area (Å²) < 4.78 is 25.0. The lowest BCUT2D eigenvalue weighted by Crippen LogP contribution is -2.44. The van der Waals surface area contributed by atoms with Crippen LogP contribution in [0.1, 0.15) is 31.3 Å². The fourth-order valence-electron chi connectivity index (χ4n) is 2.54. The summed E-state index contributed by atoms with van der Waals surface area (Å²) in [6, 6.07) is 1.40. The van der Waals surface area contributed by atoms with Crippen LogP contribution in [0.2, 0.25) is 0 Å². The van der Waals surface area contributed by atoms with Crippen LogP contribution in [0, 0.1) is 6.92 Å². The van der Waals surface area contributed by atoms with Gasteiger partial charge in [-0.15, -0.1) is 0 Å². The summed E-state index contributed by atoms with van der Waals surface area (Å²) >= 11 is 0.